The van der Waals surface area contributed by atoms with Gasteiger partial charge in [-0.05, 0) is 30.6 Å². The monoisotopic (exact) mass is 669 g/mol. The number of ether oxygens (including phenoxy) is 2. The van der Waals surface area contributed by atoms with E-state index in [2.05, 4.69) is 26.6 Å². The number of rotatable bonds is 22. The number of primary amides is 1. The lowest BCUT2D eigenvalue weighted by Gasteiger charge is -2.25. The number of likely N-dealkylation sites (tertiary alicyclic amines) is 1. The van der Waals surface area contributed by atoms with Crippen molar-refractivity contribution in [2.75, 3.05) is 53.1 Å². The van der Waals surface area contributed by atoms with Crippen LogP contribution in [0.25, 0.3) is 0 Å². The first-order chi connectivity index (χ1) is 22.0. The van der Waals surface area contributed by atoms with Crippen LogP contribution in [-0.2, 0) is 38.2 Å². The molecule has 1 fully saturated rings. The standard InChI is InChI=1S/C31H55N7O9/c1-20(2)26(28(43)36-22(27(42)33-6)8-7-11-35-30(32)45)37-24(40)10-14-46-16-17-47-15-12-34-23(39)9-13-38-25(41)18-21(29(38)44)19-31(3,4)5/h20-22,26H,7-19H2,1-6H3,(H,33,42)(H,34,39)(H,36,43)(H,37,40)(H3,32,35,45)/t21?,22-,26-/m0/s1. The maximum absolute atomic E-state index is 12.9. The summed E-state index contributed by atoms with van der Waals surface area (Å²) in [6.07, 6.45) is 1.50. The Labute approximate surface area is 277 Å². The third-order valence-electron chi connectivity index (χ3n) is 7.29. The maximum atomic E-state index is 12.9. The van der Waals surface area contributed by atoms with Gasteiger partial charge in [-0.1, -0.05) is 34.6 Å². The van der Waals surface area contributed by atoms with Gasteiger partial charge < -0.3 is 41.8 Å². The van der Waals surface area contributed by atoms with E-state index in [1.807, 2.05) is 20.8 Å². The Morgan fingerprint density at radius 2 is 1.55 bits per heavy atom. The second kappa shape index (κ2) is 21.2. The lowest BCUT2D eigenvalue weighted by Crippen LogP contribution is -2.55. The first kappa shape index (κ1) is 41.2. The van der Waals surface area contributed by atoms with Crippen molar-refractivity contribution in [2.45, 2.75) is 85.2 Å². The molecule has 16 heteroatoms. The third kappa shape index (κ3) is 17.1. The highest BCUT2D eigenvalue weighted by atomic mass is 16.5. The average molecular weight is 670 g/mol. The van der Waals surface area contributed by atoms with Crippen LogP contribution in [0.15, 0.2) is 0 Å². The summed E-state index contributed by atoms with van der Waals surface area (Å²) < 4.78 is 10.9. The van der Waals surface area contributed by atoms with Crippen molar-refractivity contribution in [1.29, 1.82) is 0 Å². The molecular formula is C31H55N7O9. The number of nitrogens with one attached hydrogen (secondary N) is 5. The molecule has 0 aromatic rings. The zero-order valence-electron chi connectivity index (χ0n) is 28.7. The van der Waals surface area contributed by atoms with E-state index < -0.39 is 35.8 Å². The molecule has 3 atom stereocenters. The van der Waals surface area contributed by atoms with Crippen LogP contribution in [-0.4, -0.2) is 112 Å². The smallest absolute Gasteiger partial charge is 0.312 e. The molecule has 0 radical (unpaired) electrons. The van der Waals surface area contributed by atoms with Gasteiger partial charge in [0.15, 0.2) is 0 Å². The van der Waals surface area contributed by atoms with Crippen LogP contribution in [0.5, 0.6) is 0 Å². The van der Waals surface area contributed by atoms with E-state index in [0.717, 1.165) is 0 Å². The third-order valence-corrected chi connectivity index (χ3v) is 7.29. The van der Waals surface area contributed by atoms with E-state index in [1.165, 1.54) is 11.9 Å². The molecule has 1 unspecified atom stereocenters. The zero-order valence-corrected chi connectivity index (χ0v) is 28.7. The van der Waals surface area contributed by atoms with Crippen LogP contribution >= 0.6 is 0 Å². The molecule has 8 amide bonds. The SMILES string of the molecule is CNC(=O)[C@H](CCCNC(N)=O)NC(=O)[C@@H](NC(=O)CCOCCOCCNC(=O)CCN1C(=O)CC(CC(C)(C)C)C1=O)C(C)C. The number of hydrogen-bond donors (Lipinski definition) is 6. The molecule has 16 nitrogen and oxygen atoms in total. The largest absolute Gasteiger partial charge is 0.379 e. The summed E-state index contributed by atoms with van der Waals surface area (Å²) in [4.78, 5) is 86.6. The molecule has 0 spiro atoms. The van der Waals surface area contributed by atoms with Crippen LogP contribution < -0.4 is 32.3 Å². The summed E-state index contributed by atoms with van der Waals surface area (Å²) in [5, 5.41) is 13.0. The molecule has 268 valence electrons. The summed E-state index contributed by atoms with van der Waals surface area (Å²) in [6, 6.07) is -2.41. The number of nitrogens with zero attached hydrogens (tertiary/aromatic N) is 1. The predicted octanol–water partition coefficient (Wildman–Crippen LogP) is -0.453. The molecule has 1 aliphatic heterocycles. The van der Waals surface area contributed by atoms with Gasteiger partial charge in [0, 0.05) is 51.9 Å². The van der Waals surface area contributed by atoms with Crippen molar-refractivity contribution in [3.05, 3.63) is 0 Å². The summed E-state index contributed by atoms with van der Waals surface area (Å²) in [5.74, 6) is -2.62. The topological polar surface area (TPSA) is 227 Å². The molecule has 1 heterocycles. The minimum atomic E-state index is -0.876. The van der Waals surface area contributed by atoms with Gasteiger partial charge >= 0.3 is 6.03 Å². The van der Waals surface area contributed by atoms with Crippen molar-refractivity contribution in [2.24, 2.45) is 23.0 Å². The molecule has 0 aromatic heterocycles. The number of carbonyl (C=O) groups is 7. The Hall–Kier alpha value is -3.79. The molecule has 0 saturated carbocycles. The number of carbonyl (C=O) groups excluding carboxylic acids is 7. The van der Waals surface area contributed by atoms with Crippen molar-refractivity contribution >= 4 is 41.5 Å². The van der Waals surface area contributed by atoms with Crippen LogP contribution in [0.2, 0.25) is 0 Å². The van der Waals surface area contributed by atoms with Crippen molar-refractivity contribution in [3.8, 4) is 0 Å². The number of imide groups is 1. The lowest BCUT2D eigenvalue weighted by molar-refractivity contribution is -0.140. The molecule has 1 aliphatic rings. The van der Waals surface area contributed by atoms with Crippen molar-refractivity contribution < 1.29 is 43.0 Å². The van der Waals surface area contributed by atoms with Crippen molar-refractivity contribution in [3.63, 3.8) is 0 Å². The van der Waals surface area contributed by atoms with E-state index in [-0.39, 0.29) is 107 Å². The molecule has 0 aromatic carbocycles. The number of urea groups is 1. The van der Waals surface area contributed by atoms with Crippen LogP contribution in [0, 0.1) is 17.3 Å². The normalized spacial score (nSPS) is 16.1. The fourth-order valence-corrected chi connectivity index (χ4v) is 4.94. The molecule has 47 heavy (non-hydrogen) atoms. The second-order valence-corrected chi connectivity index (χ2v) is 13.0. The van der Waals surface area contributed by atoms with Crippen LogP contribution in [0.1, 0.15) is 73.1 Å². The Morgan fingerprint density at radius 3 is 2.15 bits per heavy atom. The maximum Gasteiger partial charge on any atom is 0.312 e. The van der Waals surface area contributed by atoms with Gasteiger partial charge in [-0.3, -0.25) is 33.7 Å². The first-order valence-electron chi connectivity index (χ1n) is 16.2. The second-order valence-electron chi connectivity index (χ2n) is 13.0. The Morgan fingerprint density at radius 1 is 0.894 bits per heavy atom. The number of likely N-dealkylation sites (N-methyl/N-ethyl adjacent to an activating group) is 1. The Balaban J connectivity index is 2.25. The number of nitrogens with two attached hydrogens (primary N) is 1. The van der Waals surface area contributed by atoms with Crippen LogP contribution in [0.3, 0.4) is 0 Å². The first-order valence-corrected chi connectivity index (χ1v) is 16.2. The Kier molecular flexibility index (Phi) is 18.6. The van der Waals surface area contributed by atoms with Gasteiger partial charge in [-0.15, -0.1) is 0 Å². The fraction of sp³-hybridized carbons (Fsp3) is 0.774. The number of amides is 8. The summed E-state index contributed by atoms with van der Waals surface area (Å²) >= 11 is 0. The molecule has 1 rings (SSSR count). The molecule has 1 saturated heterocycles. The molecule has 0 bridgehead atoms. The fourth-order valence-electron chi connectivity index (χ4n) is 4.94. The van der Waals surface area contributed by atoms with Gasteiger partial charge in [-0.25, -0.2) is 4.79 Å². The van der Waals surface area contributed by atoms with Crippen LogP contribution in [0.4, 0.5) is 4.79 Å². The van der Waals surface area contributed by atoms with Gasteiger partial charge in [0.1, 0.15) is 12.1 Å². The highest BCUT2D eigenvalue weighted by molar-refractivity contribution is 6.03. The summed E-state index contributed by atoms with van der Waals surface area (Å²) in [5.41, 5.74) is 4.97. The van der Waals surface area contributed by atoms with Gasteiger partial charge in [0.25, 0.3) is 0 Å². The molecule has 0 aliphatic carbocycles. The van der Waals surface area contributed by atoms with E-state index in [9.17, 15) is 33.6 Å². The summed E-state index contributed by atoms with van der Waals surface area (Å²) in [6.45, 7) is 10.9. The quantitative estimate of drug-likeness (QED) is 0.0647. The zero-order chi connectivity index (χ0) is 35.6. The van der Waals surface area contributed by atoms with E-state index in [0.29, 0.717) is 12.8 Å². The highest BCUT2D eigenvalue weighted by Gasteiger charge is 2.40. The molecular weight excluding hydrogens is 614 g/mol. The summed E-state index contributed by atoms with van der Waals surface area (Å²) in [7, 11) is 1.45. The number of hydrogen-bond acceptors (Lipinski definition) is 9. The van der Waals surface area contributed by atoms with Gasteiger partial charge in [0.05, 0.1) is 26.4 Å². The van der Waals surface area contributed by atoms with E-state index >= 15 is 0 Å². The minimum absolute atomic E-state index is 0.00317. The minimum Gasteiger partial charge on any atom is -0.379 e. The highest BCUT2D eigenvalue weighted by Crippen LogP contribution is 2.31. The van der Waals surface area contributed by atoms with E-state index in [1.54, 1.807) is 13.8 Å². The van der Waals surface area contributed by atoms with Crippen molar-refractivity contribution in [1.82, 2.24) is 31.5 Å². The van der Waals surface area contributed by atoms with Gasteiger partial charge in [-0.2, -0.15) is 0 Å². The lowest BCUT2D eigenvalue weighted by atomic mass is 9.84. The Bertz CT molecular complexity index is 1080. The van der Waals surface area contributed by atoms with E-state index in [4.69, 9.17) is 15.2 Å². The molecule has 7 N–H and O–H groups in total. The van der Waals surface area contributed by atoms with Gasteiger partial charge in [0.2, 0.25) is 35.4 Å². The average Bonchev–Trinajstić information content (AvgIpc) is 3.24. The predicted molar refractivity (Wildman–Crippen MR) is 172 cm³/mol.